The number of halogens is 1. The number of oxazole rings is 1. The second-order valence-electron chi connectivity index (χ2n) is 9.13. The van der Waals surface area contributed by atoms with Crippen molar-refractivity contribution in [3.05, 3.63) is 40.7 Å². The molecule has 4 rings (SSSR count). The van der Waals surface area contributed by atoms with Crippen LogP contribution in [0.1, 0.15) is 63.8 Å². The van der Waals surface area contributed by atoms with Crippen molar-refractivity contribution in [2.24, 2.45) is 5.92 Å². The van der Waals surface area contributed by atoms with E-state index in [-0.39, 0.29) is 11.8 Å². The highest BCUT2D eigenvalue weighted by atomic mass is 35.5. The Morgan fingerprint density at radius 1 is 1.06 bits per heavy atom. The number of likely N-dealkylation sites (tertiary alicyclic amines) is 2. The molecule has 0 aliphatic carbocycles. The highest BCUT2D eigenvalue weighted by Gasteiger charge is 2.26. The van der Waals surface area contributed by atoms with Gasteiger partial charge in [-0.1, -0.05) is 31.9 Å². The van der Waals surface area contributed by atoms with Gasteiger partial charge < -0.3 is 14.6 Å². The molecule has 34 heavy (non-hydrogen) atoms. The number of nitrogens with one attached hydrogen (secondary N) is 1. The molecule has 0 spiro atoms. The molecule has 0 atom stereocenters. The topological polar surface area (TPSA) is 61.6 Å². The van der Waals surface area contributed by atoms with E-state index in [1.165, 1.54) is 32.4 Å². The molecule has 6 nitrogen and oxygen atoms in total. The fourth-order valence-corrected chi connectivity index (χ4v) is 4.82. The number of carbonyl (C=O) groups excluding carboxylic acids is 1. The van der Waals surface area contributed by atoms with Crippen LogP contribution in [0.15, 0.2) is 28.7 Å². The molecule has 2 aliphatic heterocycles. The molecule has 0 unspecified atom stereocenters. The monoisotopic (exact) mass is 488 g/mol. The maximum absolute atomic E-state index is 12.6. The lowest BCUT2D eigenvalue weighted by Gasteiger charge is -2.31. The molecular formula is C27H41ClN4O2. The van der Waals surface area contributed by atoms with Crippen LogP contribution in [0.2, 0.25) is 5.02 Å². The lowest BCUT2D eigenvalue weighted by molar-refractivity contribution is -0.126. The number of nitrogens with zero attached hydrogens (tertiary/aromatic N) is 3. The van der Waals surface area contributed by atoms with Crippen molar-refractivity contribution in [2.45, 2.75) is 65.8 Å². The Kier molecular flexibility index (Phi) is 10.9. The van der Waals surface area contributed by atoms with E-state index in [0.29, 0.717) is 10.9 Å². The number of amides is 1. The van der Waals surface area contributed by atoms with Gasteiger partial charge in [0.2, 0.25) is 11.8 Å². The van der Waals surface area contributed by atoms with Crippen LogP contribution in [0.4, 0.5) is 0 Å². The number of carbonyl (C=O) groups is 1. The summed E-state index contributed by atoms with van der Waals surface area (Å²) in [6.07, 6.45) is 6.86. The third kappa shape index (κ3) is 7.82. The van der Waals surface area contributed by atoms with Crippen LogP contribution < -0.4 is 5.32 Å². The van der Waals surface area contributed by atoms with Crippen molar-refractivity contribution in [3.8, 4) is 11.5 Å². The summed E-state index contributed by atoms with van der Waals surface area (Å²) in [6, 6.07) is 7.54. The van der Waals surface area contributed by atoms with E-state index in [1.807, 2.05) is 45.0 Å². The van der Waals surface area contributed by atoms with Gasteiger partial charge in [-0.3, -0.25) is 9.69 Å². The standard InChI is InChI=1S/C25H35ClN4O2.C2H6/c1-19-23(28-25(32-19)21-6-8-22(26)9-7-21)18-30-16-10-20(11-17-30)24(31)27-12-5-15-29-13-3-2-4-14-29;1-2/h6-9,20H,2-5,10-18H2,1H3,(H,27,31);1-2H3. The van der Waals surface area contributed by atoms with Crippen LogP contribution in [0.3, 0.4) is 0 Å². The van der Waals surface area contributed by atoms with Crippen LogP contribution in [0.5, 0.6) is 0 Å². The van der Waals surface area contributed by atoms with E-state index in [9.17, 15) is 4.79 Å². The molecule has 0 radical (unpaired) electrons. The predicted octanol–water partition coefficient (Wildman–Crippen LogP) is 5.53. The fourth-order valence-electron chi connectivity index (χ4n) is 4.70. The molecule has 1 amide bonds. The fraction of sp³-hybridized carbons (Fsp3) is 0.630. The summed E-state index contributed by atoms with van der Waals surface area (Å²) in [5.74, 6) is 1.84. The third-order valence-electron chi connectivity index (χ3n) is 6.71. The quantitative estimate of drug-likeness (QED) is 0.495. The van der Waals surface area contributed by atoms with Crippen molar-refractivity contribution in [1.82, 2.24) is 20.1 Å². The van der Waals surface area contributed by atoms with E-state index in [4.69, 9.17) is 21.0 Å². The second kappa shape index (κ2) is 13.9. The van der Waals surface area contributed by atoms with E-state index >= 15 is 0 Å². The highest BCUT2D eigenvalue weighted by molar-refractivity contribution is 6.30. The Labute approximate surface area is 210 Å². The average molecular weight is 489 g/mol. The normalized spacial score (nSPS) is 17.8. The van der Waals surface area contributed by atoms with Crippen LogP contribution in [0.25, 0.3) is 11.5 Å². The first-order chi connectivity index (χ1) is 16.6. The predicted molar refractivity (Wildman–Crippen MR) is 139 cm³/mol. The molecular weight excluding hydrogens is 448 g/mol. The number of benzene rings is 1. The third-order valence-corrected chi connectivity index (χ3v) is 6.97. The smallest absolute Gasteiger partial charge is 0.226 e. The maximum atomic E-state index is 12.6. The van der Waals surface area contributed by atoms with Crippen LogP contribution in [0, 0.1) is 12.8 Å². The number of hydrogen-bond acceptors (Lipinski definition) is 5. The van der Waals surface area contributed by atoms with Crippen LogP contribution in [-0.4, -0.2) is 60.0 Å². The lowest BCUT2D eigenvalue weighted by Crippen LogP contribution is -2.41. The molecule has 2 saturated heterocycles. The molecule has 2 fully saturated rings. The van der Waals surface area contributed by atoms with Crippen molar-refractivity contribution >= 4 is 17.5 Å². The second-order valence-corrected chi connectivity index (χ2v) is 9.56. The number of aromatic nitrogens is 1. The maximum Gasteiger partial charge on any atom is 0.226 e. The largest absolute Gasteiger partial charge is 0.441 e. The van der Waals surface area contributed by atoms with Crippen LogP contribution >= 0.6 is 11.6 Å². The molecule has 7 heteroatoms. The van der Waals surface area contributed by atoms with Crippen LogP contribution in [-0.2, 0) is 11.3 Å². The van der Waals surface area contributed by atoms with Gasteiger partial charge in [0.25, 0.3) is 0 Å². The minimum atomic E-state index is 0.129. The lowest BCUT2D eigenvalue weighted by atomic mass is 9.95. The van der Waals surface area contributed by atoms with Crippen molar-refractivity contribution < 1.29 is 9.21 Å². The van der Waals surface area contributed by atoms with E-state index in [1.54, 1.807) is 0 Å². The molecule has 188 valence electrons. The number of rotatable bonds is 8. The van der Waals surface area contributed by atoms with E-state index in [2.05, 4.69) is 15.1 Å². The summed E-state index contributed by atoms with van der Waals surface area (Å²) >= 11 is 5.98. The Morgan fingerprint density at radius 2 is 1.74 bits per heavy atom. The summed E-state index contributed by atoms with van der Waals surface area (Å²) in [4.78, 5) is 22.2. The van der Waals surface area contributed by atoms with E-state index in [0.717, 1.165) is 69.0 Å². The zero-order valence-corrected chi connectivity index (χ0v) is 21.9. The van der Waals surface area contributed by atoms with Gasteiger partial charge >= 0.3 is 0 Å². The number of piperidine rings is 2. The number of aryl methyl sites for hydroxylation is 1. The molecule has 1 N–H and O–H groups in total. The molecule has 1 aromatic carbocycles. The Balaban J connectivity index is 0.00000158. The molecule has 0 bridgehead atoms. The Hall–Kier alpha value is -1.89. The van der Waals surface area contributed by atoms with Gasteiger partial charge in [-0.25, -0.2) is 4.98 Å². The van der Waals surface area contributed by atoms with Gasteiger partial charge in [0.15, 0.2) is 0 Å². The Morgan fingerprint density at radius 3 is 2.41 bits per heavy atom. The molecule has 2 aliphatic rings. The average Bonchev–Trinajstić information content (AvgIpc) is 3.24. The summed E-state index contributed by atoms with van der Waals surface area (Å²) in [5.41, 5.74) is 1.90. The summed E-state index contributed by atoms with van der Waals surface area (Å²) in [5, 5.41) is 3.87. The summed E-state index contributed by atoms with van der Waals surface area (Å²) < 4.78 is 5.89. The van der Waals surface area contributed by atoms with Gasteiger partial charge in [0.1, 0.15) is 5.76 Å². The molecule has 3 heterocycles. The first kappa shape index (κ1) is 26.7. The van der Waals surface area contributed by atoms with Gasteiger partial charge in [-0.2, -0.15) is 0 Å². The van der Waals surface area contributed by atoms with Crippen molar-refractivity contribution in [3.63, 3.8) is 0 Å². The minimum Gasteiger partial charge on any atom is -0.441 e. The molecule has 0 saturated carbocycles. The Bertz CT molecular complexity index is 869. The highest BCUT2D eigenvalue weighted by Crippen LogP contribution is 2.25. The van der Waals surface area contributed by atoms with Gasteiger partial charge in [0.05, 0.1) is 5.69 Å². The number of hydrogen-bond donors (Lipinski definition) is 1. The van der Waals surface area contributed by atoms with Crippen molar-refractivity contribution in [2.75, 3.05) is 39.3 Å². The molecule has 1 aromatic heterocycles. The molecule has 2 aromatic rings. The zero-order valence-electron chi connectivity index (χ0n) is 21.1. The first-order valence-corrected chi connectivity index (χ1v) is 13.4. The SMILES string of the molecule is CC.Cc1oc(-c2ccc(Cl)cc2)nc1CN1CCC(C(=O)NCCCN2CCCCC2)CC1. The minimum absolute atomic E-state index is 0.129. The zero-order chi connectivity index (χ0) is 24.3. The summed E-state index contributed by atoms with van der Waals surface area (Å²) in [6.45, 7) is 12.9. The van der Waals surface area contributed by atoms with E-state index < -0.39 is 0 Å². The van der Waals surface area contributed by atoms with Gasteiger partial charge in [0, 0.05) is 29.6 Å². The van der Waals surface area contributed by atoms with Gasteiger partial charge in [-0.15, -0.1) is 0 Å². The van der Waals surface area contributed by atoms with Crippen molar-refractivity contribution in [1.29, 1.82) is 0 Å². The van der Waals surface area contributed by atoms with Gasteiger partial charge in [-0.05, 0) is 96.0 Å². The summed E-state index contributed by atoms with van der Waals surface area (Å²) in [7, 11) is 0. The first-order valence-electron chi connectivity index (χ1n) is 13.0.